The van der Waals surface area contributed by atoms with E-state index in [0.29, 0.717) is 29.4 Å². The van der Waals surface area contributed by atoms with Gasteiger partial charge in [0, 0.05) is 57.3 Å². The third kappa shape index (κ3) is 10.5. The quantitative estimate of drug-likeness (QED) is 0.105. The zero-order chi connectivity index (χ0) is 44.8. The van der Waals surface area contributed by atoms with Crippen molar-refractivity contribution in [3.05, 3.63) is 96.4 Å². The Hall–Kier alpha value is -6.59. The van der Waals surface area contributed by atoms with Crippen molar-refractivity contribution in [2.45, 2.75) is 77.3 Å². The fourth-order valence-corrected chi connectivity index (χ4v) is 8.09. The minimum absolute atomic E-state index is 0.0303. The lowest BCUT2D eigenvalue weighted by Crippen LogP contribution is -2.58. The molecular weight excluding hydrogens is 805 g/mol. The summed E-state index contributed by atoms with van der Waals surface area (Å²) in [6.07, 6.45) is 3.81. The van der Waals surface area contributed by atoms with Gasteiger partial charge in [-0.25, -0.2) is 4.98 Å². The number of nitrogens with one attached hydrogen (secondary N) is 4. The predicted molar refractivity (Wildman–Crippen MR) is 237 cm³/mol. The van der Waals surface area contributed by atoms with E-state index in [9.17, 15) is 24.3 Å². The number of piperidine rings is 1. The molecule has 0 spiro atoms. The van der Waals surface area contributed by atoms with Gasteiger partial charge in [-0.3, -0.25) is 29.0 Å². The van der Waals surface area contributed by atoms with Crippen molar-refractivity contribution in [1.82, 2.24) is 40.5 Å². The summed E-state index contributed by atoms with van der Waals surface area (Å²) in [6.45, 7) is 8.35. The number of ether oxygens (including phenoxy) is 2. The van der Waals surface area contributed by atoms with E-state index < -0.39 is 41.3 Å². The van der Waals surface area contributed by atoms with Crippen LogP contribution in [-0.4, -0.2) is 116 Å². The van der Waals surface area contributed by atoms with Gasteiger partial charge >= 0.3 is 0 Å². The number of aromatic amines is 1. The van der Waals surface area contributed by atoms with E-state index in [1.54, 1.807) is 47.4 Å². The highest BCUT2D eigenvalue weighted by Crippen LogP contribution is 2.33. The number of rotatable bonds is 14. The highest BCUT2D eigenvalue weighted by atomic mass is 16.5. The van der Waals surface area contributed by atoms with E-state index in [2.05, 4.69) is 41.1 Å². The van der Waals surface area contributed by atoms with Crippen LogP contribution in [0.4, 0.5) is 11.4 Å². The van der Waals surface area contributed by atoms with Gasteiger partial charge in [-0.1, -0.05) is 51.1 Å². The van der Waals surface area contributed by atoms with Crippen molar-refractivity contribution in [2.24, 2.45) is 12.5 Å². The number of carbonyl (C=O) groups excluding carboxylic acids is 4. The Morgan fingerprint density at radius 3 is 2.48 bits per heavy atom. The van der Waals surface area contributed by atoms with Crippen molar-refractivity contribution in [3.8, 4) is 28.4 Å². The molecule has 3 aromatic heterocycles. The number of aliphatic hydroxyl groups is 1. The normalized spacial score (nSPS) is 18.7. The van der Waals surface area contributed by atoms with Gasteiger partial charge in [0.05, 0.1) is 48.1 Å². The molecule has 5 N–H and O–H groups in total. The number of carbonyl (C=O) groups is 4. The smallest absolute Gasteiger partial charge is 0.274 e. The van der Waals surface area contributed by atoms with Gasteiger partial charge < -0.3 is 40.3 Å². The first-order chi connectivity index (χ1) is 30.2. The molecule has 2 fully saturated rings. The maximum absolute atomic E-state index is 14.2. The van der Waals surface area contributed by atoms with Crippen LogP contribution in [0.15, 0.2) is 85.2 Å². The molecule has 2 aromatic carbocycles. The molecule has 0 unspecified atom stereocenters. The minimum atomic E-state index is -0.989. The van der Waals surface area contributed by atoms with Crippen LogP contribution >= 0.6 is 0 Å². The molecular formula is C46H56N10O7. The van der Waals surface area contributed by atoms with Crippen molar-refractivity contribution in [1.29, 1.82) is 0 Å². The third-order valence-corrected chi connectivity index (χ3v) is 11.6. The molecule has 2 aliphatic heterocycles. The molecule has 17 nitrogen and oxygen atoms in total. The SMILES string of the molecule is COc1cc(N2CCC[C@@H](OCC(=O)N[C@H](C(=O)N3C[C@H](O)C[C@H]3C(=O)N[C@@H](C)c3ccc(-c4ccnn4C)cc3)C(C)(C)C)C2)ccc1NC(=O)c1cccc(-c2ccn[nH]2)n1. The Morgan fingerprint density at radius 2 is 1.78 bits per heavy atom. The summed E-state index contributed by atoms with van der Waals surface area (Å²) in [4.78, 5) is 62.6. The second kappa shape index (κ2) is 19.2. The van der Waals surface area contributed by atoms with E-state index in [1.165, 1.54) is 12.0 Å². The summed E-state index contributed by atoms with van der Waals surface area (Å²) in [5.41, 5.74) is 4.98. The number of β-amino-alcohol motifs (C(OH)–C–C–N with tert-alkyl or cyclic N) is 1. The molecule has 7 rings (SSSR count). The van der Waals surface area contributed by atoms with Crippen LogP contribution in [0.5, 0.6) is 5.75 Å². The number of amides is 4. The number of aliphatic hydroxyl groups excluding tert-OH is 1. The molecule has 17 heteroatoms. The fourth-order valence-electron chi connectivity index (χ4n) is 8.09. The molecule has 2 saturated heterocycles. The fraction of sp³-hybridized carbons (Fsp3) is 0.413. The summed E-state index contributed by atoms with van der Waals surface area (Å²) in [5.74, 6) is -1.21. The van der Waals surface area contributed by atoms with Crippen molar-refractivity contribution >= 4 is 35.0 Å². The van der Waals surface area contributed by atoms with Crippen LogP contribution in [0.1, 0.15) is 69.1 Å². The molecule has 0 bridgehead atoms. The number of hydrogen-bond donors (Lipinski definition) is 5. The maximum Gasteiger partial charge on any atom is 0.274 e. The number of anilines is 2. The molecule has 0 saturated carbocycles. The summed E-state index contributed by atoms with van der Waals surface area (Å²) < 4.78 is 13.6. The lowest BCUT2D eigenvalue weighted by Gasteiger charge is -2.36. The summed E-state index contributed by atoms with van der Waals surface area (Å²) in [6, 6.07) is 20.0. The Bertz CT molecular complexity index is 2390. The lowest BCUT2D eigenvalue weighted by atomic mass is 9.85. The number of methoxy groups -OCH3 is 1. The standard InChI is InChI=1S/C46H56N10O7/c1-28(29-12-14-30(15-13-29)38-19-21-48-54(38)5)49-44(60)39-24-32(57)25-56(39)45(61)42(46(2,3)4)52-41(58)27-63-33-9-8-22-55(26-33)31-16-17-36(40(23-31)62-6)51-43(59)37-11-7-10-34(50-37)35-18-20-47-53-35/h7,10-21,23,28,32-33,39,42,57H,8-9,22,24-27H2,1-6H3,(H,47,53)(H,49,60)(H,51,59)(H,52,58)/t28-,32+,33+,39-,42+/m0/s1. The van der Waals surface area contributed by atoms with Gasteiger partial charge in [-0.15, -0.1) is 0 Å². The number of aromatic nitrogens is 5. The summed E-state index contributed by atoms with van der Waals surface area (Å²) >= 11 is 0. The third-order valence-electron chi connectivity index (χ3n) is 11.6. The number of H-pyrrole nitrogens is 1. The molecule has 5 heterocycles. The van der Waals surface area contributed by atoms with Gasteiger partial charge in [-0.05, 0) is 72.7 Å². The van der Waals surface area contributed by atoms with Crippen molar-refractivity contribution in [2.75, 3.05) is 43.6 Å². The van der Waals surface area contributed by atoms with E-state index in [4.69, 9.17) is 9.47 Å². The number of likely N-dealkylation sites (tertiary alicyclic amines) is 1. The Balaban J connectivity index is 0.931. The minimum Gasteiger partial charge on any atom is -0.494 e. The zero-order valence-electron chi connectivity index (χ0n) is 36.5. The molecule has 2 aliphatic rings. The topological polar surface area (TPSA) is 209 Å². The van der Waals surface area contributed by atoms with Crippen LogP contribution in [0.2, 0.25) is 0 Å². The van der Waals surface area contributed by atoms with Gasteiger partial charge in [0.15, 0.2) is 0 Å². The van der Waals surface area contributed by atoms with Gasteiger partial charge in [-0.2, -0.15) is 10.2 Å². The second-order valence-corrected chi connectivity index (χ2v) is 17.2. The van der Waals surface area contributed by atoms with Crippen molar-refractivity contribution in [3.63, 3.8) is 0 Å². The zero-order valence-corrected chi connectivity index (χ0v) is 36.5. The Kier molecular flexibility index (Phi) is 13.6. The number of aryl methyl sites for hydroxylation is 1. The van der Waals surface area contributed by atoms with Gasteiger partial charge in [0.2, 0.25) is 17.7 Å². The molecule has 332 valence electrons. The van der Waals surface area contributed by atoms with Crippen LogP contribution in [-0.2, 0) is 26.2 Å². The van der Waals surface area contributed by atoms with E-state index in [-0.39, 0.29) is 43.3 Å². The van der Waals surface area contributed by atoms with Crippen LogP contribution < -0.4 is 25.6 Å². The van der Waals surface area contributed by atoms with E-state index >= 15 is 0 Å². The first-order valence-electron chi connectivity index (χ1n) is 21.2. The average Bonchev–Trinajstić information content (AvgIpc) is 4.06. The number of benzene rings is 2. The molecule has 0 aliphatic carbocycles. The molecule has 5 aromatic rings. The van der Waals surface area contributed by atoms with Crippen molar-refractivity contribution < 1.29 is 33.8 Å². The summed E-state index contributed by atoms with van der Waals surface area (Å²) in [7, 11) is 3.41. The number of nitrogens with zero attached hydrogens (tertiary/aromatic N) is 6. The maximum atomic E-state index is 14.2. The highest BCUT2D eigenvalue weighted by molar-refractivity contribution is 6.04. The second-order valence-electron chi connectivity index (χ2n) is 17.2. The monoisotopic (exact) mass is 860 g/mol. The largest absolute Gasteiger partial charge is 0.494 e. The molecule has 63 heavy (non-hydrogen) atoms. The van der Waals surface area contributed by atoms with Gasteiger partial charge in [0.1, 0.15) is 30.1 Å². The van der Waals surface area contributed by atoms with Crippen LogP contribution in [0, 0.1) is 5.41 Å². The first kappa shape index (κ1) is 44.5. The number of hydrogen-bond acceptors (Lipinski definition) is 11. The number of pyridine rings is 1. The highest BCUT2D eigenvalue weighted by Gasteiger charge is 2.45. The van der Waals surface area contributed by atoms with E-state index in [1.807, 2.05) is 77.2 Å². The molecule has 0 radical (unpaired) electrons. The van der Waals surface area contributed by atoms with E-state index in [0.717, 1.165) is 41.9 Å². The van der Waals surface area contributed by atoms with Crippen LogP contribution in [0.3, 0.4) is 0 Å². The molecule has 4 amide bonds. The lowest BCUT2D eigenvalue weighted by molar-refractivity contribution is -0.145. The predicted octanol–water partition coefficient (Wildman–Crippen LogP) is 4.49. The Morgan fingerprint density at radius 1 is 0.984 bits per heavy atom. The average molecular weight is 861 g/mol. The molecule has 5 atom stereocenters. The first-order valence-corrected chi connectivity index (χ1v) is 21.2. The van der Waals surface area contributed by atoms with Crippen LogP contribution in [0.25, 0.3) is 22.6 Å². The Labute approximate surface area is 366 Å². The summed E-state index contributed by atoms with van der Waals surface area (Å²) in [5, 5.41) is 30.6. The van der Waals surface area contributed by atoms with Gasteiger partial charge in [0.25, 0.3) is 5.91 Å².